The Morgan fingerprint density at radius 2 is 1.93 bits per heavy atom. The highest BCUT2D eigenvalue weighted by molar-refractivity contribution is 7.89. The van der Waals surface area contributed by atoms with E-state index in [0.29, 0.717) is 6.54 Å². The van der Waals surface area contributed by atoms with Crippen molar-refractivity contribution in [2.75, 3.05) is 0 Å². The lowest BCUT2D eigenvalue weighted by molar-refractivity contribution is 0.0690. The molecule has 0 spiro atoms. The molecule has 8 heteroatoms. The van der Waals surface area contributed by atoms with E-state index in [0.717, 1.165) is 17.7 Å². The zero-order chi connectivity index (χ0) is 20.2. The fourth-order valence-corrected chi connectivity index (χ4v) is 3.91. The Labute approximate surface area is 159 Å². The van der Waals surface area contributed by atoms with Gasteiger partial charge in [0.25, 0.3) is 5.91 Å². The first-order valence-corrected chi connectivity index (χ1v) is 10.1. The van der Waals surface area contributed by atoms with Gasteiger partial charge in [0, 0.05) is 36.6 Å². The number of carbonyl (C=O) groups excluding carboxylic acids is 1. The molecule has 0 saturated carbocycles. The molecule has 1 heterocycles. The smallest absolute Gasteiger partial charge is 0.254 e. The molecule has 0 aliphatic heterocycles. The number of amides is 1. The minimum absolute atomic E-state index is 0.109. The van der Waals surface area contributed by atoms with E-state index in [-0.39, 0.29) is 17.5 Å². The second kappa shape index (κ2) is 8.58. The molecule has 0 radical (unpaired) electrons. The van der Waals surface area contributed by atoms with E-state index in [9.17, 15) is 17.6 Å². The molecule has 0 atom stereocenters. The lowest BCUT2D eigenvalue weighted by Crippen LogP contribution is -2.37. The number of hydrogen-bond acceptors (Lipinski definition) is 4. The standard InChI is InChI=1S/C19H24FN3O3S/c1-13(2)22-27(25,26)18-10-16(7-8-17(18)20)19(24)23(14(3)4)12-15-6-5-9-21-11-15/h5-11,13-14,22H,12H2,1-4H3. The highest BCUT2D eigenvalue weighted by Gasteiger charge is 2.25. The Bertz CT molecular complexity index is 900. The second-order valence-electron chi connectivity index (χ2n) is 6.81. The third kappa shape index (κ3) is 5.33. The predicted octanol–water partition coefficient (Wildman–Crippen LogP) is 2.96. The zero-order valence-corrected chi connectivity index (χ0v) is 16.6. The highest BCUT2D eigenvalue weighted by atomic mass is 32.2. The van der Waals surface area contributed by atoms with Crippen LogP contribution in [0.2, 0.25) is 0 Å². The van der Waals surface area contributed by atoms with Crippen LogP contribution in [0.1, 0.15) is 43.6 Å². The molecule has 0 saturated heterocycles. The Morgan fingerprint density at radius 1 is 1.22 bits per heavy atom. The lowest BCUT2D eigenvalue weighted by Gasteiger charge is -2.27. The average molecular weight is 393 g/mol. The number of pyridine rings is 1. The van der Waals surface area contributed by atoms with Gasteiger partial charge < -0.3 is 4.90 Å². The van der Waals surface area contributed by atoms with Gasteiger partial charge in [-0.1, -0.05) is 6.07 Å². The van der Waals surface area contributed by atoms with Crippen LogP contribution in [0.3, 0.4) is 0 Å². The van der Waals surface area contributed by atoms with Gasteiger partial charge in [-0.2, -0.15) is 0 Å². The second-order valence-corrected chi connectivity index (χ2v) is 8.49. The van der Waals surface area contributed by atoms with Crippen LogP contribution in [0.15, 0.2) is 47.6 Å². The largest absolute Gasteiger partial charge is 0.332 e. The number of carbonyl (C=O) groups is 1. The lowest BCUT2D eigenvalue weighted by atomic mass is 10.1. The van der Waals surface area contributed by atoms with Gasteiger partial charge in [-0.15, -0.1) is 0 Å². The molecule has 0 aliphatic carbocycles. The maximum atomic E-state index is 14.1. The van der Waals surface area contributed by atoms with E-state index < -0.39 is 26.8 Å². The first kappa shape index (κ1) is 21.0. The van der Waals surface area contributed by atoms with Gasteiger partial charge >= 0.3 is 0 Å². The molecule has 0 aliphatic rings. The molecule has 1 aromatic heterocycles. The van der Waals surface area contributed by atoms with Crippen molar-refractivity contribution in [2.45, 2.75) is 51.2 Å². The summed E-state index contributed by atoms with van der Waals surface area (Å²) in [5.41, 5.74) is 0.953. The van der Waals surface area contributed by atoms with Crippen LogP contribution in [-0.4, -0.2) is 36.3 Å². The maximum absolute atomic E-state index is 14.1. The summed E-state index contributed by atoms with van der Waals surface area (Å²) in [7, 11) is -4.06. The Hall–Kier alpha value is -2.32. The van der Waals surface area contributed by atoms with E-state index in [4.69, 9.17) is 0 Å². The zero-order valence-electron chi connectivity index (χ0n) is 15.8. The Kier molecular flexibility index (Phi) is 6.67. The van der Waals surface area contributed by atoms with Gasteiger partial charge in [0.05, 0.1) is 0 Å². The first-order valence-electron chi connectivity index (χ1n) is 8.63. The molecule has 0 bridgehead atoms. The molecule has 6 nitrogen and oxygen atoms in total. The number of rotatable bonds is 7. The first-order chi connectivity index (χ1) is 12.6. The van der Waals surface area contributed by atoms with Crippen molar-refractivity contribution in [3.63, 3.8) is 0 Å². The third-order valence-corrected chi connectivity index (χ3v) is 5.49. The number of halogens is 1. The molecular weight excluding hydrogens is 369 g/mol. The van der Waals surface area contributed by atoms with E-state index in [2.05, 4.69) is 9.71 Å². The average Bonchev–Trinajstić information content (AvgIpc) is 2.59. The SMILES string of the molecule is CC(C)NS(=O)(=O)c1cc(C(=O)N(Cc2cccnc2)C(C)C)ccc1F. The van der Waals surface area contributed by atoms with E-state index in [1.165, 1.54) is 6.07 Å². The third-order valence-electron chi connectivity index (χ3n) is 3.82. The monoisotopic (exact) mass is 393 g/mol. The van der Waals surface area contributed by atoms with Crippen molar-refractivity contribution in [1.29, 1.82) is 0 Å². The summed E-state index contributed by atoms with van der Waals surface area (Å²) in [6.07, 6.45) is 3.31. The van der Waals surface area contributed by atoms with Gasteiger partial charge in [0.1, 0.15) is 10.7 Å². The highest BCUT2D eigenvalue weighted by Crippen LogP contribution is 2.20. The van der Waals surface area contributed by atoms with Crippen LogP contribution < -0.4 is 4.72 Å². The van der Waals surface area contributed by atoms with Crippen LogP contribution in [-0.2, 0) is 16.6 Å². The van der Waals surface area contributed by atoms with E-state index in [1.807, 2.05) is 19.9 Å². The quantitative estimate of drug-likeness (QED) is 0.784. The molecule has 146 valence electrons. The van der Waals surface area contributed by atoms with Gasteiger partial charge in [0.2, 0.25) is 10.0 Å². The van der Waals surface area contributed by atoms with E-state index >= 15 is 0 Å². The number of aromatic nitrogens is 1. The van der Waals surface area contributed by atoms with Crippen molar-refractivity contribution in [3.8, 4) is 0 Å². The number of hydrogen-bond donors (Lipinski definition) is 1. The minimum atomic E-state index is -4.06. The van der Waals surface area contributed by atoms with E-state index in [1.54, 1.807) is 37.2 Å². The summed E-state index contributed by atoms with van der Waals surface area (Å²) in [6.45, 7) is 7.30. The molecule has 2 aromatic rings. The Balaban J connectivity index is 2.38. The number of sulfonamides is 1. The fraction of sp³-hybridized carbons (Fsp3) is 0.368. The van der Waals surface area contributed by atoms with Gasteiger partial charge in [-0.25, -0.2) is 17.5 Å². The summed E-state index contributed by atoms with van der Waals surface area (Å²) in [5.74, 6) is -1.28. The van der Waals surface area contributed by atoms with Crippen molar-refractivity contribution in [1.82, 2.24) is 14.6 Å². The minimum Gasteiger partial charge on any atom is -0.332 e. The number of benzene rings is 1. The van der Waals surface area contributed by atoms with Gasteiger partial charge in [-0.05, 0) is 57.5 Å². The summed E-state index contributed by atoms with van der Waals surface area (Å²) in [4.78, 5) is 18.1. The van der Waals surface area contributed by atoms with Crippen molar-refractivity contribution in [3.05, 3.63) is 59.7 Å². The predicted molar refractivity (Wildman–Crippen MR) is 101 cm³/mol. The number of nitrogens with zero attached hydrogens (tertiary/aromatic N) is 2. The molecular formula is C19H24FN3O3S. The van der Waals surface area contributed by atoms with Gasteiger partial charge in [0.15, 0.2) is 0 Å². The fourth-order valence-electron chi connectivity index (χ4n) is 2.56. The van der Waals surface area contributed by atoms with Crippen LogP contribution >= 0.6 is 0 Å². The molecule has 0 unspecified atom stereocenters. The molecule has 1 amide bonds. The van der Waals surface area contributed by atoms with Crippen LogP contribution in [0.5, 0.6) is 0 Å². The van der Waals surface area contributed by atoms with Gasteiger partial charge in [-0.3, -0.25) is 9.78 Å². The maximum Gasteiger partial charge on any atom is 0.254 e. The van der Waals surface area contributed by atoms with Crippen LogP contribution in [0.4, 0.5) is 4.39 Å². The molecule has 27 heavy (non-hydrogen) atoms. The molecule has 1 aromatic carbocycles. The Morgan fingerprint density at radius 3 is 2.48 bits per heavy atom. The number of nitrogens with one attached hydrogen (secondary N) is 1. The van der Waals surface area contributed by atoms with Crippen LogP contribution in [0.25, 0.3) is 0 Å². The topological polar surface area (TPSA) is 79.4 Å². The van der Waals surface area contributed by atoms with Crippen molar-refractivity contribution in [2.24, 2.45) is 0 Å². The summed E-state index contributed by atoms with van der Waals surface area (Å²) in [5, 5.41) is 0. The van der Waals surface area contributed by atoms with Crippen molar-refractivity contribution < 1.29 is 17.6 Å². The summed E-state index contributed by atoms with van der Waals surface area (Å²) >= 11 is 0. The molecule has 2 rings (SSSR count). The molecule has 1 N–H and O–H groups in total. The molecule has 0 fully saturated rings. The normalized spacial score (nSPS) is 11.8. The van der Waals surface area contributed by atoms with Crippen molar-refractivity contribution >= 4 is 15.9 Å². The summed E-state index contributed by atoms with van der Waals surface area (Å²) < 4.78 is 41.2. The summed E-state index contributed by atoms with van der Waals surface area (Å²) in [6, 6.07) is 6.47. The van der Waals surface area contributed by atoms with Crippen LogP contribution in [0, 0.1) is 5.82 Å².